The number of nitrogens with zero attached hydrogens (tertiary/aromatic N) is 2. The molecule has 0 aromatic heterocycles. The molecule has 1 N–H and O–H groups in total. The summed E-state index contributed by atoms with van der Waals surface area (Å²) < 4.78 is 13.1. The van der Waals surface area contributed by atoms with Gasteiger partial charge in [0.05, 0.1) is 17.4 Å². The van der Waals surface area contributed by atoms with Gasteiger partial charge in [0, 0.05) is 12.6 Å². The Morgan fingerprint density at radius 2 is 2.39 bits per heavy atom. The first kappa shape index (κ1) is 12.8. The van der Waals surface area contributed by atoms with Crippen LogP contribution in [0.25, 0.3) is 0 Å². The fourth-order valence-electron chi connectivity index (χ4n) is 2.64. The summed E-state index contributed by atoms with van der Waals surface area (Å²) >= 11 is 0. The molecule has 0 bridgehead atoms. The maximum atomic E-state index is 13.1. The van der Waals surface area contributed by atoms with Crippen molar-refractivity contribution < 1.29 is 9.50 Å². The fraction of sp³-hybridized carbons (Fsp3) is 0.500. The Labute approximate surface area is 106 Å². The van der Waals surface area contributed by atoms with Crippen LogP contribution >= 0.6 is 0 Å². The maximum absolute atomic E-state index is 13.1. The number of hydrogen-bond acceptors (Lipinski definition) is 3. The van der Waals surface area contributed by atoms with Gasteiger partial charge in [-0.25, -0.2) is 4.39 Å². The van der Waals surface area contributed by atoms with Crippen molar-refractivity contribution in [3.05, 3.63) is 29.6 Å². The summed E-state index contributed by atoms with van der Waals surface area (Å²) in [5, 5.41) is 18.6. The summed E-state index contributed by atoms with van der Waals surface area (Å²) in [5.74, 6) is -0.387. The lowest BCUT2D eigenvalue weighted by molar-refractivity contribution is 0.175. The number of aliphatic hydroxyl groups excluding tert-OH is 1. The second-order valence-corrected chi connectivity index (χ2v) is 4.85. The average molecular weight is 248 g/mol. The normalized spacial score (nSPS) is 20.8. The Morgan fingerprint density at radius 3 is 3.06 bits per heavy atom. The number of anilines is 1. The molecule has 1 heterocycles. The summed E-state index contributed by atoms with van der Waals surface area (Å²) in [4.78, 5) is 2.12. The van der Waals surface area contributed by atoms with Crippen LogP contribution in [0.1, 0.15) is 31.7 Å². The highest BCUT2D eigenvalue weighted by molar-refractivity contribution is 5.60. The standard InChI is InChI=1S/C14H17FN2O/c1-10(18)7-13-3-2-6-17(13)14-5-4-12(15)8-11(14)9-16/h4-5,8,10,13,18H,2-3,6-7H2,1H3. The molecular weight excluding hydrogens is 231 g/mol. The van der Waals surface area contributed by atoms with Crippen LogP contribution in [-0.2, 0) is 0 Å². The van der Waals surface area contributed by atoms with E-state index in [0.29, 0.717) is 12.0 Å². The van der Waals surface area contributed by atoms with Crippen LogP contribution < -0.4 is 4.90 Å². The van der Waals surface area contributed by atoms with E-state index in [1.165, 1.54) is 12.1 Å². The molecule has 0 amide bonds. The molecule has 0 spiro atoms. The van der Waals surface area contributed by atoms with Crippen molar-refractivity contribution in [2.45, 2.75) is 38.3 Å². The number of hydrogen-bond donors (Lipinski definition) is 1. The van der Waals surface area contributed by atoms with Crippen molar-refractivity contribution in [3.8, 4) is 6.07 Å². The van der Waals surface area contributed by atoms with Gasteiger partial charge in [0.1, 0.15) is 11.9 Å². The van der Waals surface area contributed by atoms with Gasteiger partial charge in [-0.15, -0.1) is 0 Å². The van der Waals surface area contributed by atoms with E-state index in [1.807, 2.05) is 6.07 Å². The zero-order chi connectivity index (χ0) is 13.1. The maximum Gasteiger partial charge on any atom is 0.124 e. The third-order valence-electron chi connectivity index (χ3n) is 3.38. The van der Waals surface area contributed by atoms with Crippen LogP contribution in [0.3, 0.4) is 0 Å². The highest BCUT2D eigenvalue weighted by Gasteiger charge is 2.27. The van der Waals surface area contributed by atoms with Crippen molar-refractivity contribution in [1.82, 2.24) is 0 Å². The molecule has 1 aromatic carbocycles. The lowest BCUT2D eigenvalue weighted by Gasteiger charge is -2.28. The predicted octanol–water partition coefficient (Wildman–Crippen LogP) is 2.44. The van der Waals surface area contributed by atoms with Gasteiger partial charge < -0.3 is 10.0 Å². The molecule has 1 saturated heterocycles. The van der Waals surface area contributed by atoms with E-state index in [2.05, 4.69) is 4.90 Å². The zero-order valence-electron chi connectivity index (χ0n) is 10.4. The lowest BCUT2D eigenvalue weighted by atomic mass is 10.1. The van der Waals surface area contributed by atoms with Gasteiger partial charge in [-0.2, -0.15) is 5.26 Å². The third-order valence-corrected chi connectivity index (χ3v) is 3.38. The first-order chi connectivity index (χ1) is 8.61. The van der Waals surface area contributed by atoms with Gasteiger partial charge in [0.15, 0.2) is 0 Å². The number of nitriles is 1. The zero-order valence-corrected chi connectivity index (χ0v) is 10.4. The topological polar surface area (TPSA) is 47.3 Å². The predicted molar refractivity (Wildman–Crippen MR) is 67.8 cm³/mol. The van der Waals surface area contributed by atoms with Crippen LogP contribution in [0.2, 0.25) is 0 Å². The molecule has 1 aliphatic rings. The SMILES string of the molecule is CC(O)CC1CCCN1c1ccc(F)cc1C#N. The molecule has 3 nitrogen and oxygen atoms in total. The number of benzene rings is 1. The molecule has 1 fully saturated rings. The van der Waals surface area contributed by atoms with Gasteiger partial charge in [-0.1, -0.05) is 0 Å². The van der Waals surface area contributed by atoms with E-state index in [-0.39, 0.29) is 18.0 Å². The van der Waals surface area contributed by atoms with Gasteiger partial charge in [0.2, 0.25) is 0 Å². The van der Waals surface area contributed by atoms with Crippen molar-refractivity contribution in [2.24, 2.45) is 0 Å². The smallest absolute Gasteiger partial charge is 0.124 e. The molecule has 0 saturated carbocycles. The number of halogens is 1. The minimum absolute atomic E-state index is 0.238. The van der Waals surface area contributed by atoms with E-state index in [0.717, 1.165) is 25.1 Å². The molecule has 2 unspecified atom stereocenters. The molecule has 0 aliphatic carbocycles. The van der Waals surface area contributed by atoms with Gasteiger partial charge in [-0.05, 0) is 44.4 Å². The van der Waals surface area contributed by atoms with Gasteiger partial charge in [-0.3, -0.25) is 0 Å². The second kappa shape index (κ2) is 5.36. The van der Waals surface area contributed by atoms with Gasteiger partial charge >= 0.3 is 0 Å². The molecule has 1 aliphatic heterocycles. The van der Waals surface area contributed by atoms with Crippen molar-refractivity contribution >= 4 is 5.69 Å². The largest absolute Gasteiger partial charge is 0.393 e. The summed E-state index contributed by atoms with van der Waals surface area (Å²) in [6.45, 7) is 2.63. The van der Waals surface area contributed by atoms with Crippen LogP contribution in [-0.4, -0.2) is 23.8 Å². The molecule has 18 heavy (non-hydrogen) atoms. The Kier molecular flexibility index (Phi) is 3.83. The summed E-state index contributed by atoms with van der Waals surface area (Å²) in [5.41, 5.74) is 1.15. The average Bonchev–Trinajstić information content (AvgIpc) is 2.76. The Hall–Kier alpha value is -1.60. The summed E-state index contributed by atoms with van der Waals surface area (Å²) in [7, 11) is 0. The minimum atomic E-state index is -0.387. The monoisotopic (exact) mass is 248 g/mol. The van der Waals surface area contributed by atoms with Crippen LogP contribution in [0, 0.1) is 17.1 Å². The van der Waals surface area contributed by atoms with Crippen LogP contribution in [0.5, 0.6) is 0 Å². The first-order valence-electron chi connectivity index (χ1n) is 6.26. The minimum Gasteiger partial charge on any atom is -0.393 e. The van der Waals surface area contributed by atoms with Crippen molar-refractivity contribution in [3.63, 3.8) is 0 Å². The lowest BCUT2D eigenvalue weighted by Crippen LogP contribution is -2.32. The summed E-state index contributed by atoms with van der Waals surface area (Å²) in [6, 6.07) is 6.60. The van der Waals surface area contributed by atoms with Crippen LogP contribution in [0.4, 0.5) is 10.1 Å². The number of aliphatic hydroxyl groups is 1. The third kappa shape index (κ3) is 2.62. The fourth-order valence-corrected chi connectivity index (χ4v) is 2.64. The Balaban J connectivity index is 2.27. The second-order valence-electron chi connectivity index (χ2n) is 4.85. The van der Waals surface area contributed by atoms with E-state index in [4.69, 9.17) is 5.26 Å². The van der Waals surface area contributed by atoms with Gasteiger partial charge in [0.25, 0.3) is 0 Å². The summed E-state index contributed by atoms with van der Waals surface area (Å²) in [6.07, 6.45) is 2.37. The van der Waals surface area contributed by atoms with E-state index in [1.54, 1.807) is 13.0 Å². The van der Waals surface area contributed by atoms with Crippen LogP contribution in [0.15, 0.2) is 18.2 Å². The van der Waals surface area contributed by atoms with E-state index in [9.17, 15) is 9.50 Å². The molecule has 4 heteroatoms. The molecular formula is C14H17FN2O. The van der Waals surface area contributed by atoms with Crippen molar-refractivity contribution in [2.75, 3.05) is 11.4 Å². The molecule has 1 aromatic rings. The molecule has 96 valence electrons. The Morgan fingerprint density at radius 1 is 1.61 bits per heavy atom. The quantitative estimate of drug-likeness (QED) is 0.893. The first-order valence-corrected chi connectivity index (χ1v) is 6.26. The number of rotatable bonds is 3. The highest BCUT2D eigenvalue weighted by atomic mass is 19.1. The van der Waals surface area contributed by atoms with E-state index >= 15 is 0 Å². The van der Waals surface area contributed by atoms with Crippen molar-refractivity contribution in [1.29, 1.82) is 5.26 Å². The molecule has 2 rings (SSSR count). The van der Waals surface area contributed by atoms with E-state index < -0.39 is 0 Å². The highest BCUT2D eigenvalue weighted by Crippen LogP contribution is 2.30. The molecule has 2 atom stereocenters. The Bertz CT molecular complexity index is 467. The molecule has 0 radical (unpaired) electrons.